The fourth-order valence-electron chi connectivity index (χ4n) is 2.16. The second-order valence-electron chi connectivity index (χ2n) is 5.32. The molecule has 0 saturated carbocycles. The minimum Gasteiger partial charge on any atom is -0.411 e. The molecule has 0 fully saturated rings. The molecule has 0 aliphatic heterocycles. The molecule has 0 aliphatic rings. The summed E-state index contributed by atoms with van der Waals surface area (Å²) in [7, 11) is 0. The van der Waals surface area contributed by atoms with Crippen molar-refractivity contribution in [2.24, 2.45) is 0 Å². The van der Waals surface area contributed by atoms with Gasteiger partial charge in [-0.05, 0) is 52.3 Å². The topological polar surface area (TPSA) is 85.1 Å². The van der Waals surface area contributed by atoms with Crippen LogP contribution in [0.15, 0.2) is 62.6 Å². The van der Waals surface area contributed by atoms with Crippen LogP contribution in [0.2, 0.25) is 0 Å². The fourth-order valence-corrected chi connectivity index (χ4v) is 3.28. The van der Waals surface area contributed by atoms with Crippen LogP contribution in [0.5, 0.6) is 0 Å². The van der Waals surface area contributed by atoms with Crippen LogP contribution in [0.3, 0.4) is 0 Å². The Kier molecular flexibility index (Phi) is 5.85. The van der Waals surface area contributed by atoms with Crippen LogP contribution < -0.4 is 5.32 Å². The van der Waals surface area contributed by atoms with E-state index in [-0.39, 0.29) is 17.4 Å². The molecule has 3 aromatic rings. The summed E-state index contributed by atoms with van der Waals surface area (Å²) < 4.78 is 6.47. The van der Waals surface area contributed by atoms with Crippen molar-refractivity contribution in [1.29, 1.82) is 0 Å². The van der Waals surface area contributed by atoms with E-state index in [4.69, 9.17) is 4.42 Å². The zero-order chi connectivity index (χ0) is 18.5. The maximum absolute atomic E-state index is 12.3. The summed E-state index contributed by atoms with van der Waals surface area (Å²) in [6, 6.07) is 14.3. The normalized spacial score (nSPS) is 10.5. The van der Waals surface area contributed by atoms with Crippen molar-refractivity contribution in [1.82, 2.24) is 10.2 Å². The molecule has 6 nitrogen and oxygen atoms in total. The number of aromatic nitrogens is 2. The Hall–Kier alpha value is -2.45. The third kappa shape index (κ3) is 4.59. The average molecular weight is 432 g/mol. The molecule has 0 bridgehead atoms. The largest absolute Gasteiger partial charge is 0.411 e. The molecule has 26 heavy (non-hydrogen) atoms. The summed E-state index contributed by atoms with van der Waals surface area (Å²) in [4.78, 5) is 23.3. The van der Waals surface area contributed by atoms with E-state index in [1.807, 2.05) is 24.3 Å². The number of halogens is 1. The summed E-state index contributed by atoms with van der Waals surface area (Å²) in [5.74, 6) is 0.353. The van der Waals surface area contributed by atoms with Crippen LogP contribution in [0, 0.1) is 0 Å². The Morgan fingerprint density at radius 2 is 1.85 bits per heavy atom. The first kappa shape index (κ1) is 18.3. The number of anilines is 1. The molecule has 0 radical (unpaired) electrons. The lowest BCUT2D eigenvalue weighted by Gasteiger charge is -2.03. The lowest BCUT2D eigenvalue weighted by Crippen LogP contribution is -2.07. The van der Waals surface area contributed by atoms with Crippen molar-refractivity contribution < 1.29 is 14.0 Å². The average Bonchev–Trinajstić information content (AvgIpc) is 3.09. The second-order valence-corrected chi connectivity index (χ2v) is 7.10. The highest BCUT2D eigenvalue weighted by Crippen LogP contribution is 2.29. The number of nitrogens with zero attached hydrogens (tertiary/aromatic N) is 2. The van der Waals surface area contributed by atoms with Crippen molar-refractivity contribution in [3.63, 3.8) is 0 Å². The van der Waals surface area contributed by atoms with Crippen LogP contribution in [0.1, 0.15) is 17.3 Å². The summed E-state index contributed by atoms with van der Waals surface area (Å²) >= 11 is 4.63. The van der Waals surface area contributed by atoms with E-state index in [9.17, 15) is 9.59 Å². The van der Waals surface area contributed by atoms with Gasteiger partial charge in [-0.2, -0.15) is 0 Å². The maximum Gasteiger partial charge on any atom is 0.277 e. The van der Waals surface area contributed by atoms with Gasteiger partial charge in [-0.1, -0.05) is 23.9 Å². The van der Waals surface area contributed by atoms with Gasteiger partial charge in [0.15, 0.2) is 5.78 Å². The van der Waals surface area contributed by atoms with Crippen LogP contribution in [0.4, 0.5) is 5.69 Å². The molecule has 1 aromatic heterocycles. The molecule has 1 amide bonds. The van der Waals surface area contributed by atoms with Crippen LogP contribution >= 0.6 is 27.7 Å². The number of nitrogens with one attached hydrogen (secondary N) is 1. The highest BCUT2D eigenvalue weighted by atomic mass is 79.9. The van der Waals surface area contributed by atoms with Crippen LogP contribution in [-0.4, -0.2) is 27.6 Å². The van der Waals surface area contributed by atoms with Crippen molar-refractivity contribution in [2.45, 2.75) is 12.1 Å². The summed E-state index contributed by atoms with van der Waals surface area (Å²) in [5, 5.41) is 11.0. The molecule has 0 unspecified atom stereocenters. The number of Topliss-reactive ketones (excluding diaryl/α,β-unsaturated/α-hetero) is 1. The molecule has 3 rings (SSSR count). The number of hydrogen-bond acceptors (Lipinski definition) is 6. The fraction of sp³-hybridized carbons (Fsp3) is 0.111. The van der Waals surface area contributed by atoms with Crippen molar-refractivity contribution >= 4 is 45.1 Å². The number of ketones is 1. The lowest BCUT2D eigenvalue weighted by molar-refractivity contribution is -0.114. The van der Waals surface area contributed by atoms with Gasteiger partial charge in [-0.15, -0.1) is 10.2 Å². The molecule has 1 heterocycles. The Bertz CT molecular complexity index is 941. The maximum atomic E-state index is 12.3. The minimum absolute atomic E-state index is 0.0648. The molecule has 0 aliphatic carbocycles. The van der Waals surface area contributed by atoms with E-state index >= 15 is 0 Å². The van der Waals surface area contributed by atoms with E-state index in [0.717, 1.165) is 10.0 Å². The van der Waals surface area contributed by atoms with Gasteiger partial charge in [0, 0.05) is 22.6 Å². The molecule has 8 heteroatoms. The monoisotopic (exact) mass is 431 g/mol. The third-order valence-corrected chi connectivity index (χ3v) is 4.87. The first-order valence-electron chi connectivity index (χ1n) is 7.65. The number of benzene rings is 2. The van der Waals surface area contributed by atoms with Crippen LogP contribution in [-0.2, 0) is 4.79 Å². The van der Waals surface area contributed by atoms with E-state index in [2.05, 4.69) is 31.4 Å². The van der Waals surface area contributed by atoms with Crippen molar-refractivity contribution in [2.75, 3.05) is 11.1 Å². The summed E-state index contributed by atoms with van der Waals surface area (Å²) in [6.45, 7) is 1.43. The molecule has 1 N–H and O–H groups in total. The van der Waals surface area contributed by atoms with E-state index in [1.165, 1.54) is 18.7 Å². The minimum atomic E-state index is -0.156. The predicted octanol–water partition coefficient (Wildman–Crippen LogP) is 4.43. The van der Waals surface area contributed by atoms with Gasteiger partial charge in [0.05, 0.1) is 11.3 Å². The smallest absolute Gasteiger partial charge is 0.277 e. The first-order chi connectivity index (χ1) is 12.5. The van der Waals surface area contributed by atoms with Gasteiger partial charge in [0.25, 0.3) is 5.22 Å². The van der Waals surface area contributed by atoms with Gasteiger partial charge >= 0.3 is 0 Å². The number of hydrogen-bond donors (Lipinski definition) is 1. The van der Waals surface area contributed by atoms with Crippen LogP contribution in [0.25, 0.3) is 11.5 Å². The zero-order valence-electron chi connectivity index (χ0n) is 13.7. The van der Waals surface area contributed by atoms with Gasteiger partial charge in [-0.3, -0.25) is 9.59 Å². The van der Waals surface area contributed by atoms with Gasteiger partial charge in [0.2, 0.25) is 11.8 Å². The van der Waals surface area contributed by atoms with Crippen molar-refractivity contribution in [3.8, 4) is 11.5 Å². The number of carbonyl (C=O) groups is 2. The first-order valence-corrected chi connectivity index (χ1v) is 9.43. The Morgan fingerprint density at radius 1 is 1.12 bits per heavy atom. The van der Waals surface area contributed by atoms with E-state index in [1.54, 1.807) is 24.3 Å². The number of amides is 1. The Labute approximate surface area is 162 Å². The van der Waals surface area contributed by atoms with E-state index < -0.39 is 0 Å². The quantitative estimate of drug-likeness (QED) is 0.458. The number of thioether (sulfide) groups is 1. The standard InChI is InChI=1S/C18H14BrN3O3S/c1-11(23)20-13-8-6-12(7-9-13)16(24)10-26-18-22-21-17(25-18)14-4-2-3-5-15(14)19/h2-9H,10H2,1H3,(H,20,23). The predicted molar refractivity (Wildman–Crippen MR) is 103 cm³/mol. The molecule has 132 valence electrons. The van der Waals surface area contributed by atoms with Gasteiger partial charge < -0.3 is 9.73 Å². The van der Waals surface area contributed by atoms with Gasteiger partial charge in [0.1, 0.15) is 0 Å². The molecule has 0 atom stereocenters. The zero-order valence-corrected chi connectivity index (χ0v) is 16.1. The number of carbonyl (C=O) groups excluding carboxylic acids is 2. The number of rotatable bonds is 6. The molecular weight excluding hydrogens is 418 g/mol. The highest BCUT2D eigenvalue weighted by Gasteiger charge is 2.14. The third-order valence-electron chi connectivity index (χ3n) is 3.36. The molecular formula is C18H14BrN3O3S. The SMILES string of the molecule is CC(=O)Nc1ccc(C(=O)CSc2nnc(-c3ccccc3Br)o2)cc1. The Morgan fingerprint density at radius 3 is 2.54 bits per heavy atom. The second kappa shape index (κ2) is 8.29. The summed E-state index contributed by atoms with van der Waals surface area (Å²) in [6.07, 6.45) is 0. The molecule has 0 saturated heterocycles. The van der Waals surface area contributed by atoms with E-state index in [0.29, 0.717) is 22.4 Å². The van der Waals surface area contributed by atoms with Gasteiger partial charge in [-0.25, -0.2) is 0 Å². The molecule has 2 aromatic carbocycles. The lowest BCUT2D eigenvalue weighted by atomic mass is 10.1. The van der Waals surface area contributed by atoms with Crippen molar-refractivity contribution in [3.05, 3.63) is 58.6 Å². The summed E-state index contributed by atoms with van der Waals surface area (Å²) in [5.41, 5.74) is 2.00. The molecule has 0 spiro atoms. The highest BCUT2D eigenvalue weighted by molar-refractivity contribution is 9.10. The Balaban J connectivity index is 1.61.